The van der Waals surface area contributed by atoms with Gasteiger partial charge >= 0.3 is 0 Å². The molecule has 1 aromatic rings. The maximum Gasteiger partial charge on any atom is 0.237 e. The van der Waals surface area contributed by atoms with Crippen molar-refractivity contribution >= 4 is 25.6 Å². The Morgan fingerprint density at radius 2 is 2.32 bits per heavy atom. The van der Waals surface area contributed by atoms with E-state index in [2.05, 4.69) is 23.7 Å². The molecule has 6 heteroatoms. The Kier molecular flexibility index (Phi) is 4.28. The van der Waals surface area contributed by atoms with Crippen molar-refractivity contribution in [3.05, 3.63) is 34.6 Å². The van der Waals surface area contributed by atoms with Gasteiger partial charge in [0.05, 0.1) is 19.1 Å². The topological polar surface area (TPSA) is 41.1 Å². The first-order valence-electron chi connectivity index (χ1n) is 6.33. The lowest BCUT2D eigenvalue weighted by molar-refractivity contribution is -0.122. The molecule has 0 radical (unpaired) electrons. The van der Waals surface area contributed by atoms with Crippen LogP contribution in [0.4, 0.5) is 4.39 Å². The molecule has 0 unspecified atom stereocenters. The summed E-state index contributed by atoms with van der Waals surface area (Å²) in [7, 11) is -1.26. The van der Waals surface area contributed by atoms with Gasteiger partial charge in [0.15, 0.2) is 0 Å². The molecule has 0 spiro atoms. The van der Waals surface area contributed by atoms with Gasteiger partial charge in [0.25, 0.3) is 0 Å². The molecular weight excluding hydrogens is 283 g/mol. The normalized spacial score (nSPS) is 21.4. The summed E-state index contributed by atoms with van der Waals surface area (Å²) in [5.41, 5.74) is 0.412. The lowest BCUT2D eigenvalue weighted by atomic mass is 10.2. The molecule has 1 aromatic carbocycles. The number of hydrogen-bond donors (Lipinski definition) is 2. The van der Waals surface area contributed by atoms with Gasteiger partial charge in [-0.2, -0.15) is 0 Å². The van der Waals surface area contributed by atoms with E-state index in [9.17, 15) is 9.18 Å². The average Bonchev–Trinajstić information content (AvgIpc) is 2.71. The van der Waals surface area contributed by atoms with Crippen LogP contribution < -0.4 is 10.6 Å². The van der Waals surface area contributed by atoms with E-state index in [-0.39, 0.29) is 23.5 Å². The number of benzene rings is 1. The highest BCUT2D eigenvalue weighted by Gasteiger charge is 2.35. The Hall–Kier alpha value is -0.913. The Bertz CT molecular complexity index is 496. The first-order chi connectivity index (χ1) is 8.89. The minimum absolute atomic E-state index is 0.0579. The molecule has 1 fully saturated rings. The SMILES string of the molecule is C[Si]1(C)CN[C@H](C(=O)NCc2cccc(Cl)c2F)C1. The van der Waals surface area contributed by atoms with Crippen LogP contribution in [0.25, 0.3) is 0 Å². The minimum atomic E-state index is -1.26. The number of halogens is 2. The zero-order valence-corrected chi connectivity index (χ0v) is 12.9. The van der Waals surface area contributed by atoms with Crippen LogP contribution in [0.15, 0.2) is 18.2 Å². The molecule has 104 valence electrons. The van der Waals surface area contributed by atoms with Crippen molar-refractivity contribution in [2.24, 2.45) is 0 Å². The number of hydrogen-bond acceptors (Lipinski definition) is 2. The molecule has 3 nitrogen and oxygen atoms in total. The fourth-order valence-electron chi connectivity index (χ4n) is 2.27. The molecule has 1 atom stereocenters. The third-order valence-electron chi connectivity index (χ3n) is 3.38. The lowest BCUT2D eigenvalue weighted by Crippen LogP contribution is -2.39. The molecule has 1 aliphatic heterocycles. The summed E-state index contributed by atoms with van der Waals surface area (Å²) in [6, 6.07) is 5.59. The van der Waals surface area contributed by atoms with Gasteiger partial charge in [0.1, 0.15) is 5.82 Å². The molecule has 0 aromatic heterocycles. The van der Waals surface area contributed by atoms with E-state index in [1.807, 2.05) is 0 Å². The first-order valence-corrected chi connectivity index (χ1v) is 10.1. The smallest absolute Gasteiger partial charge is 0.237 e. The molecular formula is C13H18ClFN2OSi. The fourth-order valence-corrected chi connectivity index (χ4v) is 4.84. The summed E-state index contributed by atoms with van der Waals surface area (Å²) in [6.45, 7) is 4.68. The highest BCUT2D eigenvalue weighted by molar-refractivity contribution is 6.78. The van der Waals surface area contributed by atoms with Crippen LogP contribution in [0.3, 0.4) is 0 Å². The zero-order chi connectivity index (χ0) is 14.0. The van der Waals surface area contributed by atoms with Gasteiger partial charge in [-0.15, -0.1) is 0 Å². The predicted molar refractivity (Wildman–Crippen MR) is 77.3 cm³/mol. The van der Waals surface area contributed by atoms with E-state index >= 15 is 0 Å². The second-order valence-corrected chi connectivity index (χ2v) is 11.2. The second kappa shape index (κ2) is 5.61. The molecule has 1 aliphatic rings. The van der Waals surface area contributed by atoms with Crippen LogP contribution in [0.1, 0.15) is 5.56 Å². The highest BCUT2D eigenvalue weighted by Crippen LogP contribution is 2.19. The van der Waals surface area contributed by atoms with Crippen molar-refractivity contribution in [3.63, 3.8) is 0 Å². The van der Waals surface area contributed by atoms with Crippen LogP contribution in [0.5, 0.6) is 0 Å². The number of carbonyl (C=O) groups excluding carboxylic acids is 1. The van der Waals surface area contributed by atoms with Gasteiger partial charge < -0.3 is 10.6 Å². The van der Waals surface area contributed by atoms with Crippen LogP contribution in [0.2, 0.25) is 24.2 Å². The van der Waals surface area contributed by atoms with E-state index in [0.29, 0.717) is 5.56 Å². The average molecular weight is 301 g/mol. The molecule has 0 aliphatic carbocycles. The van der Waals surface area contributed by atoms with E-state index in [0.717, 1.165) is 12.2 Å². The summed E-state index contributed by atoms with van der Waals surface area (Å²) >= 11 is 5.70. The standard InChI is InChI=1S/C13H18ClFN2OSi/c1-19(2)7-11(17-8-19)13(18)16-6-9-4-3-5-10(14)12(9)15/h3-5,11,17H,6-8H2,1-2H3,(H,16,18)/t11-/m0/s1. The first kappa shape index (κ1) is 14.5. The van der Waals surface area contributed by atoms with Gasteiger partial charge in [-0.25, -0.2) is 4.39 Å². The highest BCUT2D eigenvalue weighted by atomic mass is 35.5. The molecule has 2 N–H and O–H groups in total. The van der Waals surface area contributed by atoms with E-state index < -0.39 is 13.9 Å². The Balaban J connectivity index is 1.92. The monoisotopic (exact) mass is 300 g/mol. The van der Waals surface area contributed by atoms with Gasteiger partial charge in [0, 0.05) is 12.1 Å². The van der Waals surface area contributed by atoms with Crippen LogP contribution >= 0.6 is 11.6 Å². The van der Waals surface area contributed by atoms with Gasteiger partial charge in [-0.1, -0.05) is 36.8 Å². The second-order valence-electron chi connectivity index (χ2n) is 5.73. The Labute approximate surface area is 118 Å². The van der Waals surface area contributed by atoms with Crippen molar-refractivity contribution in [2.75, 3.05) is 6.17 Å². The summed E-state index contributed by atoms with van der Waals surface area (Å²) < 4.78 is 13.7. The van der Waals surface area contributed by atoms with E-state index in [1.54, 1.807) is 12.1 Å². The van der Waals surface area contributed by atoms with Crippen molar-refractivity contribution < 1.29 is 9.18 Å². The third-order valence-corrected chi connectivity index (χ3v) is 6.35. The molecule has 1 amide bonds. The van der Waals surface area contributed by atoms with Crippen LogP contribution in [-0.4, -0.2) is 26.2 Å². The van der Waals surface area contributed by atoms with Crippen molar-refractivity contribution in [2.45, 2.75) is 31.7 Å². The zero-order valence-electron chi connectivity index (χ0n) is 11.1. The summed E-state index contributed by atoms with van der Waals surface area (Å²) in [5.74, 6) is -0.518. The van der Waals surface area contributed by atoms with Crippen LogP contribution in [-0.2, 0) is 11.3 Å². The Morgan fingerprint density at radius 1 is 1.58 bits per heavy atom. The molecule has 19 heavy (non-hydrogen) atoms. The fraction of sp³-hybridized carbons (Fsp3) is 0.462. The number of amides is 1. The maximum atomic E-state index is 13.7. The predicted octanol–water partition coefficient (Wildman–Crippen LogP) is 2.31. The maximum absolute atomic E-state index is 13.7. The molecule has 2 rings (SSSR count). The summed E-state index contributed by atoms with van der Waals surface area (Å²) in [6.07, 6.45) is 0.955. The molecule has 0 saturated carbocycles. The van der Waals surface area contributed by atoms with Gasteiger partial charge in [-0.05, 0) is 18.3 Å². The molecule has 1 heterocycles. The van der Waals surface area contributed by atoms with E-state index in [1.165, 1.54) is 6.07 Å². The minimum Gasteiger partial charge on any atom is -0.351 e. The summed E-state index contributed by atoms with van der Waals surface area (Å²) in [4.78, 5) is 12.0. The third kappa shape index (κ3) is 3.55. The van der Waals surface area contributed by atoms with Crippen molar-refractivity contribution in [3.8, 4) is 0 Å². The number of carbonyl (C=O) groups is 1. The lowest BCUT2D eigenvalue weighted by Gasteiger charge is -2.14. The molecule has 1 saturated heterocycles. The Morgan fingerprint density at radius 3 is 2.95 bits per heavy atom. The largest absolute Gasteiger partial charge is 0.351 e. The number of rotatable bonds is 3. The van der Waals surface area contributed by atoms with Gasteiger partial charge in [-0.3, -0.25) is 4.79 Å². The molecule has 0 bridgehead atoms. The quantitative estimate of drug-likeness (QED) is 0.841. The number of nitrogens with one attached hydrogen (secondary N) is 2. The summed E-state index contributed by atoms with van der Waals surface area (Å²) in [5, 5.41) is 6.09. The van der Waals surface area contributed by atoms with Crippen molar-refractivity contribution in [1.82, 2.24) is 10.6 Å². The van der Waals surface area contributed by atoms with Gasteiger partial charge in [0.2, 0.25) is 5.91 Å². The van der Waals surface area contributed by atoms with Crippen molar-refractivity contribution in [1.29, 1.82) is 0 Å². The van der Waals surface area contributed by atoms with E-state index in [4.69, 9.17) is 11.6 Å². The van der Waals surface area contributed by atoms with Crippen LogP contribution in [0, 0.1) is 5.82 Å².